The molecule has 0 fully saturated rings. The number of carbonyl (C=O) groups is 1. The van der Waals surface area contributed by atoms with Crippen molar-refractivity contribution in [3.05, 3.63) is 35.4 Å². The highest BCUT2D eigenvalue weighted by atomic mass is 16.4. The largest absolute Gasteiger partial charge is 0.480 e. The molecule has 0 amide bonds. The van der Waals surface area contributed by atoms with Crippen LogP contribution in [0.25, 0.3) is 0 Å². The Morgan fingerprint density at radius 3 is 2.25 bits per heavy atom. The molecule has 3 nitrogen and oxygen atoms in total. The van der Waals surface area contributed by atoms with Crippen LogP contribution in [0.2, 0.25) is 0 Å². The molecule has 2 N–H and O–H groups in total. The quantitative estimate of drug-likeness (QED) is 0.802. The predicted molar refractivity (Wildman–Crippen MR) is 64.5 cm³/mol. The van der Waals surface area contributed by atoms with Gasteiger partial charge in [0.2, 0.25) is 0 Å². The fourth-order valence-corrected chi connectivity index (χ4v) is 1.59. The molecule has 0 radical (unpaired) electrons. The lowest BCUT2D eigenvalue weighted by molar-refractivity contribution is -0.139. The van der Waals surface area contributed by atoms with Crippen LogP contribution in [-0.2, 0) is 11.2 Å². The Bertz CT molecular complexity index is 343. The summed E-state index contributed by atoms with van der Waals surface area (Å²) in [6.07, 6.45) is 0.968. The van der Waals surface area contributed by atoms with E-state index in [0.29, 0.717) is 0 Å². The van der Waals surface area contributed by atoms with E-state index < -0.39 is 12.0 Å². The summed E-state index contributed by atoms with van der Waals surface area (Å²) < 4.78 is 0. The normalized spacial score (nSPS) is 12.8. The smallest absolute Gasteiger partial charge is 0.325 e. The van der Waals surface area contributed by atoms with E-state index in [0.717, 1.165) is 12.0 Å². The number of rotatable bonds is 5. The summed E-state index contributed by atoms with van der Waals surface area (Å²) in [5.41, 5.74) is 2.02. The van der Waals surface area contributed by atoms with E-state index in [-0.39, 0.29) is 6.04 Å². The molecule has 1 rings (SSSR count). The SMILES string of the molecule is CCc1ccc(C(NC(C)C)C(=O)O)cc1. The molecule has 0 aromatic heterocycles. The first-order chi connectivity index (χ1) is 7.54. The van der Waals surface area contributed by atoms with Gasteiger partial charge in [-0.15, -0.1) is 0 Å². The fraction of sp³-hybridized carbons (Fsp3) is 0.462. The molecule has 1 unspecified atom stereocenters. The number of benzene rings is 1. The van der Waals surface area contributed by atoms with Gasteiger partial charge in [0.25, 0.3) is 0 Å². The van der Waals surface area contributed by atoms with Crippen LogP contribution in [0, 0.1) is 0 Å². The van der Waals surface area contributed by atoms with Gasteiger partial charge in [0.1, 0.15) is 6.04 Å². The van der Waals surface area contributed by atoms with E-state index in [2.05, 4.69) is 12.2 Å². The maximum Gasteiger partial charge on any atom is 0.325 e. The van der Waals surface area contributed by atoms with Gasteiger partial charge in [0.05, 0.1) is 0 Å². The molecule has 0 bridgehead atoms. The molecular weight excluding hydrogens is 202 g/mol. The third-order valence-corrected chi connectivity index (χ3v) is 2.47. The van der Waals surface area contributed by atoms with E-state index >= 15 is 0 Å². The average molecular weight is 221 g/mol. The zero-order valence-corrected chi connectivity index (χ0v) is 10.0. The summed E-state index contributed by atoms with van der Waals surface area (Å²) in [6.45, 7) is 5.96. The molecule has 0 spiro atoms. The van der Waals surface area contributed by atoms with Gasteiger partial charge in [0.15, 0.2) is 0 Å². The maximum atomic E-state index is 11.1. The third-order valence-electron chi connectivity index (χ3n) is 2.47. The Balaban J connectivity index is 2.88. The lowest BCUT2D eigenvalue weighted by Crippen LogP contribution is -2.33. The van der Waals surface area contributed by atoms with Crippen LogP contribution in [0.5, 0.6) is 0 Å². The summed E-state index contributed by atoms with van der Waals surface area (Å²) in [5, 5.41) is 12.2. The first kappa shape index (κ1) is 12.7. The molecule has 88 valence electrons. The van der Waals surface area contributed by atoms with Crippen LogP contribution >= 0.6 is 0 Å². The Labute approximate surface area is 96.5 Å². The first-order valence-corrected chi connectivity index (χ1v) is 5.62. The van der Waals surface area contributed by atoms with Crippen molar-refractivity contribution in [2.24, 2.45) is 0 Å². The summed E-state index contributed by atoms with van der Waals surface area (Å²) in [6, 6.07) is 7.25. The van der Waals surface area contributed by atoms with Crippen molar-refractivity contribution in [3.8, 4) is 0 Å². The van der Waals surface area contributed by atoms with Gasteiger partial charge in [-0.2, -0.15) is 0 Å². The lowest BCUT2D eigenvalue weighted by Gasteiger charge is -2.17. The van der Waals surface area contributed by atoms with Crippen molar-refractivity contribution in [1.82, 2.24) is 5.32 Å². The molecule has 0 saturated carbocycles. The minimum Gasteiger partial charge on any atom is -0.480 e. The van der Waals surface area contributed by atoms with E-state index in [9.17, 15) is 4.79 Å². The molecule has 16 heavy (non-hydrogen) atoms. The number of hydrogen-bond donors (Lipinski definition) is 2. The summed E-state index contributed by atoms with van der Waals surface area (Å²) in [7, 11) is 0. The van der Waals surface area contributed by atoms with E-state index in [1.165, 1.54) is 5.56 Å². The first-order valence-electron chi connectivity index (χ1n) is 5.62. The van der Waals surface area contributed by atoms with Gasteiger partial charge in [-0.1, -0.05) is 31.2 Å². The molecule has 0 heterocycles. The number of carboxylic acids is 1. The maximum absolute atomic E-state index is 11.1. The monoisotopic (exact) mass is 221 g/mol. The predicted octanol–water partition coefficient (Wildman–Crippen LogP) is 2.37. The second-order valence-electron chi connectivity index (χ2n) is 4.19. The van der Waals surface area contributed by atoms with E-state index in [4.69, 9.17) is 5.11 Å². The summed E-state index contributed by atoms with van der Waals surface area (Å²) in [4.78, 5) is 11.1. The number of aryl methyl sites for hydroxylation is 1. The van der Waals surface area contributed by atoms with Crippen molar-refractivity contribution in [2.75, 3.05) is 0 Å². The Morgan fingerprint density at radius 1 is 1.31 bits per heavy atom. The fourth-order valence-electron chi connectivity index (χ4n) is 1.59. The topological polar surface area (TPSA) is 49.3 Å². The lowest BCUT2D eigenvalue weighted by atomic mass is 10.0. The number of hydrogen-bond acceptors (Lipinski definition) is 2. The highest BCUT2D eigenvalue weighted by Gasteiger charge is 2.19. The highest BCUT2D eigenvalue weighted by molar-refractivity contribution is 5.75. The van der Waals surface area contributed by atoms with E-state index in [1.54, 1.807) is 0 Å². The van der Waals surface area contributed by atoms with Crippen LogP contribution in [0.4, 0.5) is 0 Å². The van der Waals surface area contributed by atoms with Gasteiger partial charge in [-0.25, -0.2) is 0 Å². The zero-order chi connectivity index (χ0) is 12.1. The van der Waals surface area contributed by atoms with Crippen molar-refractivity contribution in [1.29, 1.82) is 0 Å². The van der Waals surface area contributed by atoms with Gasteiger partial charge in [0, 0.05) is 6.04 Å². The van der Waals surface area contributed by atoms with Crippen LogP contribution in [0.1, 0.15) is 37.9 Å². The number of aliphatic carboxylic acids is 1. The zero-order valence-electron chi connectivity index (χ0n) is 10.0. The molecule has 1 aromatic carbocycles. The molecule has 1 aromatic rings. The Hall–Kier alpha value is -1.35. The van der Waals surface area contributed by atoms with Gasteiger partial charge in [-0.05, 0) is 31.4 Å². The molecule has 0 aliphatic carbocycles. The second-order valence-corrected chi connectivity index (χ2v) is 4.19. The molecular formula is C13H19NO2. The summed E-state index contributed by atoms with van der Waals surface area (Å²) in [5.74, 6) is -0.835. The molecule has 0 aliphatic heterocycles. The van der Waals surface area contributed by atoms with Gasteiger partial charge in [-0.3, -0.25) is 10.1 Å². The van der Waals surface area contributed by atoms with Crippen LogP contribution < -0.4 is 5.32 Å². The van der Waals surface area contributed by atoms with Crippen molar-refractivity contribution >= 4 is 5.97 Å². The van der Waals surface area contributed by atoms with Crippen LogP contribution in [-0.4, -0.2) is 17.1 Å². The standard InChI is InChI=1S/C13H19NO2/c1-4-10-5-7-11(8-6-10)12(13(15)16)14-9(2)3/h5-9,12,14H,4H2,1-3H3,(H,15,16). The Kier molecular flexibility index (Phi) is 4.50. The Morgan fingerprint density at radius 2 is 1.88 bits per heavy atom. The van der Waals surface area contributed by atoms with Gasteiger partial charge >= 0.3 is 5.97 Å². The van der Waals surface area contributed by atoms with Crippen LogP contribution in [0.3, 0.4) is 0 Å². The number of carboxylic acid groups (broad SMARTS) is 1. The van der Waals surface area contributed by atoms with Crippen molar-refractivity contribution in [3.63, 3.8) is 0 Å². The van der Waals surface area contributed by atoms with Crippen molar-refractivity contribution in [2.45, 2.75) is 39.3 Å². The molecule has 3 heteroatoms. The third kappa shape index (κ3) is 3.35. The minimum atomic E-state index is -0.835. The van der Waals surface area contributed by atoms with Crippen molar-refractivity contribution < 1.29 is 9.90 Å². The minimum absolute atomic E-state index is 0.145. The molecule has 0 saturated heterocycles. The van der Waals surface area contributed by atoms with Crippen LogP contribution in [0.15, 0.2) is 24.3 Å². The summed E-state index contributed by atoms with van der Waals surface area (Å²) >= 11 is 0. The van der Waals surface area contributed by atoms with E-state index in [1.807, 2.05) is 38.1 Å². The second kappa shape index (κ2) is 5.66. The molecule has 0 aliphatic rings. The number of nitrogens with one attached hydrogen (secondary N) is 1. The average Bonchev–Trinajstić information content (AvgIpc) is 2.25. The molecule has 1 atom stereocenters. The van der Waals surface area contributed by atoms with Gasteiger partial charge < -0.3 is 5.11 Å². The highest BCUT2D eigenvalue weighted by Crippen LogP contribution is 2.15.